The number of hydrogen-bond donors (Lipinski definition) is 1. The zero-order valence-electron chi connectivity index (χ0n) is 17.6. The Morgan fingerprint density at radius 3 is 2.66 bits per heavy atom. The molecule has 2 aliphatic carbocycles. The van der Waals surface area contributed by atoms with Gasteiger partial charge in [-0.05, 0) is 56.1 Å². The third-order valence-corrected chi connectivity index (χ3v) is 6.30. The molecule has 0 unspecified atom stereocenters. The Kier molecular flexibility index (Phi) is 5.32. The van der Waals surface area contributed by atoms with E-state index < -0.39 is 5.92 Å². The number of carbonyl (C=O) groups is 2. The first-order valence-corrected chi connectivity index (χ1v) is 10.7. The van der Waals surface area contributed by atoms with Crippen LogP contribution in [0.4, 0.5) is 0 Å². The number of ether oxygens (including phenoxy) is 1. The van der Waals surface area contributed by atoms with Crippen molar-refractivity contribution in [2.45, 2.75) is 77.7 Å². The lowest BCUT2D eigenvalue weighted by atomic mass is 9.69. The quantitative estimate of drug-likeness (QED) is 0.761. The zero-order chi connectivity index (χ0) is 20.6. The van der Waals surface area contributed by atoms with Gasteiger partial charge in [-0.3, -0.25) is 9.78 Å². The van der Waals surface area contributed by atoms with E-state index in [9.17, 15) is 9.59 Å². The van der Waals surface area contributed by atoms with Crippen LogP contribution < -0.4 is 5.32 Å². The minimum absolute atomic E-state index is 0.0255. The first-order valence-electron chi connectivity index (χ1n) is 10.7. The Labute approximate surface area is 172 Å². The van der Waals surface area contributed by atoms with Crippen LogP contribution in [-0.2, 0) is 14.3 Å². The maximum absolute atomic E-state index is 13.3. The summed E-state index contributed by atoms with van der Waals surface area (Å²) in [7, 11) is 0. The van der Waals surface area contributed by atoms with Crippen molar-refractivity contribution in [2.24, 2.45) is 5.41 Å². The molecule has 1 N–H and O–H groups in total. The normalized spacial score (nSPS) is 24.8. The van der Waals surface area contributed by atoms with Crippen molar-refractivity contribution < 1.29 is 14.3 Å². The van der Waals surface area contributed by atoms with Crippen molar-refractivity contribution in [2.75, 3.05) is 0 Å². The average molecular weight is 395 g/mol. The molecule has 3 aliphatic rings. The minimum atomic E-state index is -0.417. The number of aromatic nitrogens is 1. The summed E-state index contributed by atoms with van der Waals surface area (Å²) in [6, 6.07) is 3.80. The Morgan fingerprint density at radius 1 is 1.21 bits per heavy atom. The summed E-state index contributed by atoms with van der Waals surface area (Å²) in [6.07, 6.45) is 9.96. The maximum atomic E-state index is 13.3. The summed E-state index contributed by atoms with van der Waals surface area (Å²) in [4.78, 5) is 30.8. The van der Waals surface area contributed by atoms with E-state index in [1.54, 1.807) is 12.4 Å². The number of nitrogens with zero attached hydrogens (tertiary/aromatic N) is 1. The number of nitrogens with one attached hydrogen (secondary N) is 1. The Balaban J connectivity index is 1.73. The second kappa shape index (κ2) is 7.77. The molecule has 0 bridgehead atoms. The van der Waals surface area contributed by atoms with Crippen molar-refractivity contribution in [1.29, 1.82) is 0 Å². The number of esters is 1. The lowest BCUT2D eigenvalue weighted by molar-refractivity contribution is -0.146. The average Bonchev–Trinajstić information content (AvgIpc) is 2.67. The number of carbonyl (C=O) groups excluding carboxylic acids is 2. The predicted octanol–water partition coefficient (Wildman–Crippen LogP) is 4.56. The second-order valence-electron chi connectivity index (χ2n) is 9.38. The summed E-state index contributed by atoms with van der Waals surface area (Å²) < 4.78 is 5.92. The highest BCUT2D eigenvalue weighted by molar-refractivity contribution is 6.04. The largest absolute Gasteiger partial charge is 0.459 e. The molecular formula is C24H30N2O3. The van der Waals surface area contributed by atoms with Crippen LogP contribution in [0.5, 0.6) is 0 Å². The fourth-order valence-electron chi connectivity index (χ4n) is 4.98. The van der Waals surface area contributed by atoms with Crippen molar-refractivity contribution in [3.8, 4) is 0 Å². The highest BCUT2D eigenvalue weighted by atomic mass is 16.5. The van der Waals surface area contributed by atoms with E-state index in [4.69, 9.17) is 4.74 Å². The van der Waals surface area contributed by atoms with E-state index in [-0.39, 0.29) is 23.3 Å². The molecule has 154 valence electrons. The Morgan fingerprint density at radius 2 is 1.97 bits per heavy atom. The molecule has 2 heterocycles. The number of Topliss-reactive ketones (excluding diaryl/α,β-unsaturated/α-hetero) is 1. The van der Waals surface area contributed by atoms with Gasteiger partial charge in [-0.1, -0.05) is 26.3 Å². The molecule has 1 fully saturated rings. The standard InChI is InChI=1S/C24H30N2O3/c1-15-20(23(28)29-17-9-5-4-6-10-17)21(16-8-7-11-25-14-16)22-18(26-15)12-24(2,3)13-19(22)27/h7-8,11,14,17,21,26H,4-6,9-10,12-13H2,1-3H3/t21-/m0/s1. The molecule has 1 aromatic heterocycles. The molecule has 1 aliphatic heterocycles. The van der Waals surface area contributed by atoms with Crippen LogP contribution in [0.25, 0.3) is 0 Å². The number of allylic oxidation sites excluding steroid dienone is 3. The summed E-state index contributed by atoms with van der Waals surface area (Å²) >= 11 is 0. The number of pyridine rings is 1. The third kappa shape index (κ3) is 4.00. The molecule has 5 nitrogen and oxygen atoms in total. The van der Waals surface area contributed by atoms with Crippen LogP contribution in [0.1, 0.15) is 77.2 Å². The molecule has 0 radical (unpaired) electrons. The van der Waals surface area contributed by atoms with Gasteiger partial charge in [-0.2, -0.15) is 0 Å². The molecule has 0 saturated heterocycles. The summed E-state index contributed by atoms with van der Waals surface area (Å²) in [5.74, 6) is -0.618. The van der Waals surface area contributed by atoms with Gasteiger partial charge in [0.15, 0.2) is 5.78 Å². The van der Waals surface area contributed by atoms with Crippen molar-refractivity contribution in [3.05, 3.63) is 52.6 Å². The first kappa shape index (κ1) is 19.9. The van der Waals surface area contributed by atoms with Gasteiger partial charge >= 0.3 is 5.97 Å². The van der Waals surface area contributed by atoms with E-state index in [1.165, 1.54) is 6.42 Å². The monoisotopic (exact) mass is 394 g/mol. The molecule has 0 amide bonds. The zero-order valence-corrected chi connectivity index (χ0v) is 17.6. The van der Waals surface area contributed by atoms with E-state index in [1.807, 2.05) is 19.1 Å². The lowest BCUT2D eigenvalue weighted by Crippen LogP contribution is -2.39. The van der Waals surface area contributed by atoms with Gasteiger partial charge in [-0.15, -0.1) is 0 Å². The molecular weight excluding hydrogens is 364 g/mol. The molecule has 1 saturated carbocycles. The third-order valence-electron chi connectivity index (χ3n) is 6.30. The molecule has 4 rings (SSSR count). The number of hydrogen-bond acceptors (Lipinski definition) is 5. The van der Waals surface area contributed by atoms with Gasteiger partial charge in [0.1, 0.15) is 6.10 Å². The van der Waals surface area contributed by atoms with Gasteiger partial charge in [0, 0.05) is 41.7 Å². The van der Waals surface area contributed by atoms with Crippen molar-refractivity contribution in [3.63, 3.8) is 0 Å². The van der Waals surface area contributed by atoms with Gasteiger partial charge in [0.05, 0.1) is 5.57 Å². The number of dihydropyridines is 1. The molecule has 29 heavy (non-hydrogen) atoms. The second-order valence-corrected chi connectivity index (χ2v) is 9.38. The van der Waals surface area contributed by atoms with Gasteiger partial charge < -0.3 is 10.1 Å². The Hall–Kier alpha value is -2.43. The van der Waals surface area contributed by atoms with Crippen LogP contribution in [0, 0.1) is 5.41 Å². The first-order chi connectivity index (χ1) is 13.9. The number of rotatable bonds is 3. The topological polar surface area (TPSA) is 68.3 Å². The minimum Gasteiger partial charge on any atom is -0.459 e. The van der Waals surface area contributed by atoms with Crippen molar-refractivity contribution in [1.82, 2.24) is 10.3 Å². The smallest absolute Gasteiger partial charge is 0.337 e. The summed E-state index contributed by atoms with van der Waals surface area (Å²) in [6.45, 7) is 6.14. The molecule has 1 atom stereocenters. The van der Waals surface area contributed by atoms with Gasteiger partial charge in [0.25, 0.3) is 0 Å². The van der Waals surface area contributed by atoms with Gasteiger partial charge in [0.2, 0.25) is 0 Å². The van der Waals surface area contributed by atoms with Crippen LogP contribution >= 0.6 is 0 Å². The summed E-state index contributed by atoms with van der Waals surface area (Å²) in [5.41, 5.74) is 3.75. The summed E-state index contributed by atoms with van der Waals surface area (Å²) in [5, 5.41) is 3.39. The van der Waals surface area contributed by atoms with E-state index in [2.05, 4.69) is 24.1 Å². The highest BCUT2D eigenvalue weighted by Crippen LogP contribution is 2.46. The predicted molar refractivity (Wildman–Crippen MR) is 111 cm³/mol. The highest BCUT2D eigenvalue weighted by Gasteiger charge is 2.43. The van der Waals surface area contributed by atoms with Gasteiger partial charge in [-0.25, -0.2) is 4.79 Å². The molecule has 5 heteroatoms. The van der Waals surface area contributed by atoms with Crippen LogP contribution in [0.2, 0.25) is 0 Å². The molecule has 0 aromatic carbocycles. The van der Waals surface area contributed by atoms with E-state index >= 15 is 0 Å². The fraction of sp³-hybridized carbons (Fsp3) is 0.542. The van der Waals surface area contributed by atoms with E-state index in [0.717, 1.165) is 49.1 Å². The fourth-order valence-corrected chi connectivity index (χ4v) is 4.98. The van der Waals surface area contributed by atoms with Crippen molar-refractivity contribution >= 4 is 11.8 Å². The molecule has 0 spiro atoms. The number of ketones is 1. The molecule has 1 aromatic rings. The maximum Gasteiger partial charge on any atom is 0.337 e. The SMILES string of the molecule is CC1=C(C(=O)OC2CCCCC2)[C@H](c2cccnc2)C2=C(CC(C)(C)CC2=O)N1. The van der Waals surface area contributed by atoms with Crippen LogP contribution in [0.3, 0.4) is 0 Å². The van der Waals surface area contributed by atoms with Crippen LogP contribution in [0.15, 0.2) is 47.1 Å². The van der Waals surface area contributed by atoms with E-state index in [0.29, 0.717) is 17.6 Å². The lowest BCUT2D eigenvalue weighted by Gasteiger charge is -2.39. The van der Waals surface area contributed by atoms with Crippen LogP contribution in [-0.4, -0.2) is 22.8 Å². The Bertz CT molecular complexity index is 877.